The maximum atomic E-state index is 13.1. The maximum Gasteiger partial charge on any atom is 0.451 e. The number of halogens is 3. The van der Waals surface area contributed by atoms with Gasteiger partial charge in [0.25, 0.3) is 0 Å². The van der Waals surface area contributed by atoms with E-state index in [1.165, 1.54) is 18.9 Å². The van der Waals surface area contributed by atoms with Crippen molar-refractivity contribution in [1.82, 2.24) is 15.3 Å². The fourth-order valence-corrected chi connectivity index (χ4v) is 4.18. The van der Waals surface area contributed by atoms with E-state index in [2.05, 4.69) is 15.3 Å². The summed E-state index contributed by atoms with van der Waals surface area (Å²) in [7, 11) is 0. The summed E-state index contributed by atoms with van der Waals surface area (Å²) in [5.74, 6) is -1.34. The van der Waals surface area contributed by atoms with E-state index >= 15 is 0 Å². The van der Waals surface area contributed by atoms with Crippen LogP contribution in [-0.2, 0) is 11.0 Å². The van der Waals surface area contributed by atoms with Crippen molar-refractivity contribution in [3.05, 3.63) is 30.1 Å². The number of para-hydroxylation sites is 1. The van der Waals surface area contributed by atoms with E-state index in [9.17, 15) is 18.0 Å². The molecule has 3 rings (SSSR count). The highest BCUT2D eigenvalue weighted by Gasteiger charge is 2.36. The Balaban J connectivity index is 1.79. The summed E-state index contributed by atoms with van der Waals surface area (Å²) in [6.07, 6.45) is 1.84. The van der Waals surface area contributed by atoms with Gasteiger partial charge in [-0.3, -0.25) is 4.79 Å². The molecule has 4 nitrogen and oxygen atoms in total. The summed E-state index contributed by atoms with van der Waals surface area (Å²) >= 11 is 1.04. The molecule has 1 atom stereocenters. The van der Waals surface area contributed by atoms with Crippen molar-refractivity contribution >= 4 is 28.6 Å². The molecular formula is C19H22F3N3OS. The van der Waals surface area contributed by atoms with Crippen LogP contribution in [0.15, 0.2) is 29.3 Å². The lowest BCUT2D eigenvalue weighted by atomic mass is 10.1. The van der Waals surface area contributed by atoms with Gasteiger partial charge in [0, 0.05) is 11.4 Å². The molecule has 27 heavy (non-hydrogen) atoms. The summed E-state index contributed by atoms with van der Waals surface area (Å²) in [5, 5.41) is 3.19. The van der Waals surface area contributed by atoms with Crippen LogP contribution in [0.25, 0.3) is 10.9 Å². The third-order valence-corrected chi connectivity index (χ3v) is 5.78. The van der Waals surface area contributed by atoms with Gasteiger partial charge in [-0.1, -0.05) is 55.6 Å². The molecule has 1 aliphatic carbocycles. The molecule has 0 bridgehead atoms. The van der Waals surface area contributed by atoms with Crippen molar-refractivity contribution in [1.29, 1.82) is 0 Å². The van der Waals surface area contributed by atoms with Gasteiger partial charge in [0.15, 0.2) is 0 Å². The zero-order valence-corrected chi connectivity index (χ0v) is 15.9. The molecule has 2 aromatic rings. The van der Waals surface area contributed by atoms with Crippen molar-refractivity contribution in [2.45, 2.75) is 67.9 Å². The van der Waals surface area contributed by atoms with Crippen LogP contribution in [0.3, 0.4) is 0 Å². The van der Waals surface area contributed by atoms with Crippen LogP contribution in [0.1, 0.15) is 51.3 Å². The van der Waals surface area contributed by atoms with Gasteiger partial charge >= 0.3 is 6.18 Å². The smallest absolute Gasteiger partial charge is 0.352 e. The van der Waals surface area contributed by atoms with Crippen LogP contribution in [0.4, 0.5) is 13.2 Å². The Labute approximate surface area is 160 Å². The Kier molecular flexibility index (Phi) is 6.24. The zero-order valence-electron chi connectivity index (χ0n) is 15.1. The SMILES string of the molecule is CC(Sc1nc(C(F)(F)F)nc2ccccc12)C(=O)NC1CCCCCC1. The van der Waals surface area contributed by atoms with Crippen molar-refractivity contribution in [2.75, 3.05) is 0 Å². The number of hydrogen-bond acceptors (Lipinski definition) is 4. The van der Waals surface area contributed by atoms with Gasteiger partial charge in [-0.2, -0.15) is 13.2 Å². The first-order chi connectivity index (χ1) is 12.8. The fourth-order valence-electron chi connectivity index (χ4n) is 3.23. The topological polar surface area (TPSA) is 54.9 Å². The van der Waals surface area contributed by atoms with E-state index in [1.807, 2.05) is 0 Å². The zero-order chi connectivity index (χ0) is 19.4. The molecule has 1 saturated carbocycles. The standard InChI is InChI=1S/C19H22F3N3OS/c1-12(16(26)23-13-8-4-2-3-5-9-13)27-17-14-10-6-7-11-15(14)24-18(25-17)19(20,21)22/h6-7,10-13H,2-5,8-9H2,1H3,(H,23,26). The number of nitrogens with zero attached hydrogens (tertiary/aromatic N) is 2. The number of alkyl halides is 3. The van der Waals surface area contributed by atoms with Crippen molar-refractivity contribution in [2.24, 2.45) is 0 Å². The second-order valence-corrected chi connectivity index (χ2v) is 8.15. The number of hydrogen-bond donors (Lipinski definition) is 1. The summed E-state index contributed by atoms with van der Waals surface area (Å²) in [5.41, 5.74) is 0.221. The van der Waals surface area contributed by atoms with Crippen LogP contribution >= 0.6 is 11.8 Å². The van der Waals surface area contributed by atoms with Gasteiger partial charge in [-0.05, 0) is 25.8 Å². The van der Waals surface area contributed by atoms with Crippen molar-refractivity contribution < 1.29 is 18.0 Å². The maximum absolute atomic E-state index is 13.1. The normalized spacial score (nSPS) is 17.5. The quantitative estimate of drug-likeness (QED) is 0.450. The number of carbonyl (C=O) groups is 1. The van der Waals surface area contributed by atoms with Crippen LogP contribution in [0.5, 0.6) is 0 Å². The predicted molar refractivity (Wildman–Crippen MR) is 99.5 cm³/mol. The summed E-state index contributed by atoms with van der Waals surface area (Å²) in [6.45, 7) is 1.70. The average Bonchev–Trinajstić information content (AvgIpc) is 2.89. The molecule has 1 aliphatic rings. The molecule has 1 N–H and O–H groups in total. The van der Waals surface area contributed by atoms with Crippen molar-refractivity contribution in [3.8, 4) is 0 Å². The number of aromatic nitrogens is 2. The lowest BCUT2D eigenvalue weighted by molar-refractivity contribution is -0.145. The average molecular weight is 397 g/mol. The van der Waals surface area contributed by atoms with E-state index in [4.69, 9.17) is 0 Å². The largest absolute Gasteiger partial charge is 0.451 e. The third-order valence-electron chi connectivity index (χ3n) is 4.68. The van der Waals surface area contributed by atoms with Crippen LogP contribution in [0.2, 0.25) is 0 Å². The highest BCUT2D eigenvalue weighted by Crippen LogP contribution is 2.33. The number of fused-ring (bicyclic) bond motifs is 1. The first-order valence-corrected chi connectivity index (χ1v) is 10.0. The number of nitrogens with one attached hydrogen (secondary N) is 1. The second kappa shape index (κ2) is 8.46. The van der Waals surface area contributed by atoms with Crippen LogP contribution in [0, 0.1) is 0 Å². The summed E-state index contributed by atoms with van der Waals surface area (Å²) in [6, 6.07) is 6.70. The fraction of sp³-hybridized carbons (Fsp3) is 0.526. The summed E-state index contributed by atoms with van der Waals surface area (Å²) in [4.78, 5) is 19.9. The molecule has 1 unspecified atom stereocenters. The molecule has 1 aromatic heterocycles. The van der Waals surface area contributed by atoms with Crippen molar-refractivity contribution in [3.63, 3.8) is 0 Å². The molecule has 1 aromatic carbocycles. The monoisotopic (exact) mass is 397 g/mol. The molecule has 8 heteroatoms. The van der Waals surface area contributed by atoms with E-state index in [0.29, 0.717) is 5.39 Å². The number of carbonyl (C=O) groups excluding carboxylic acids is 1. The lowest BCUT2D eigenvalue weighted by Gasteiger charge is -2.19. The van der Waals surface area contributed by atoms with Gasteiger partial charge < -0.3 is 5.32 Å². The number of rotatable bonds is 4. The van der Waals surface area contributed by atoms with E-state index < -0.39 is 17.3 Å². The van der Waals surface area contributed by atoms with E-state index in [0.717, 1.165) is 37.4 Å². The molecule has 0 radical (unpaired) electrons. The predicted octanol–water partition coefficient (Wildman–Crippen LogP) is 4.97. The Morgan fingerprint density at radius 2 is 1.81 bits per heavy atom. The van der Waals surface area contributed by atoms with Gasteiger partial charge in [0.2, 0.25) is 11.7 Å². The lowest BCUT2D eigenvalue weighted by Crippen LogP contribution is -2.39. The van der Waals surface area contributed by atoms with Crippen LogP contribution in [-0.4, -0.2) is 27.2 Å². The highest BCUT2D eigenvalue weighted by atomic mass is 32.2. The minimum atomic E-state index is -4.63. The molecule has 0 spiro atoms. The molecule has 0 saturated heterocycles. The van der Waals surface area contributed by atoms with Crippen LogP contribution < -0.4 is 5.32 Å². The van der Waals surface area contributed by atoms with Gasteiger partial charge in [0.1, 0.15) is 5.03 Å². The first-order valence-electron chi connectivity index (χ1n) is 9.15. The van der Waals surface area contributed by atoms with Gasteiger partial charge in [-0.25, -0.2) is 9.97 Å². The second-order valence-electron chi connectivity index (χ2n) is 6.82. The summed E-state index contributed by atoms with van der Waals surface area (Å²) < 4.78 is 39.4. The number of benzene rings is 1. The Hall–Kier alpha value is -1.83. The molecular weight excluding hydrogens is 375 g/mol. The molecule has 146 valence electrons. The number of thioether (sulfide) groups is 1. The van der Waals surface area contributed by atoms with Gasteiger partial charge in [-0.15, -0.1) is 0 Å². The van der Waals surface area contributed by atoms with E-state index in [1.54, 1.807) is 25.1 Å². The van der Waals surface area contributed by atoms with E-state index in [-0.39, 0.29) is 22.5 Å². The van der Waals surface area contributed by atoms with Gasteiger partial charge in [0.05, 0.1) is 10.8 Å². The Morgan fingerprint density at radius 3 is 2.48 bits per heavy atom. The minimum absolute atomic E-state index is 0.149. The molecule has 1 heterocycles. The molecule has 1 fully saturated rings. The number of amides is 1. The third kappa shape index (κ3) is 5.12. The first kappa shape index (κ1) is 19.9. The molecule has 1 amide bonds. The highest BCUT2D eigenvalue weighted by molar-refractivity contribution is 8.00. The minimum Gasteiger partial charge on any atom is -0.352 e. The molecule has 0 aliphatic heterocycles. The Bertz CT molecular complexity index is 804. The Morgan fingerprint density at radius 1 is 1.15 bits per heavy atom.